The number of rotatable bonds is 9. The summed E-state index contributed by atoms with van der Waals surface area (Å²) in [5.74, 6) is -0.721. The van der Waals surface area contributed by atoms with Gasteiger partial charge in [-0.05, 0) is 37.5 Å². The Kier molecular flexibility index (Phi) is 8.18. The van der Waals surface area contributed by atoms with Crippen LogP contribution >= 0.6 is 0 Å². The van der Waals surface area contributed by atoms with Gasteiger partial charge >= 0.3 is 5.97 Å². The summed E-state index contributed by atoms with van der Waals surface area (Å²) >= 11 is 0. The Morgan fingerprint density at radius 3 is 2.38 bits per heavy atom. The van der Waals surface area contributed by atoms with E-state index in [2.05, 4.69) is 5.32 Å². The van der Waals surface area contributed by atoms with E-state index in [4.69, 9.17) is 9.47 Å². The minimum Gasteiger partial charge on any atom is -0.467 e. The molecule has 0 radical (unpaired) electrons. The first-order valence-electron chi connectivity index (χ1n) is 9.79. The fourth-order valence-corrected chi connectivity index (χ4v) is 4.74. The van der Waals surface area contributed by atoms with Gasteiger partial charge in [-0.1, -0.05) is 25.5 Å². The fraction of sp³-hybridized carbons (Fsp3) is 0.600. The molecule has 0 saturated carbocycles. The Morgan fingerprint density at radius 2 is 1.83 bits per heavy atom. The first kappa shape index (κ1) is 23.3. The van der Waals surface area contributed by atoms with Crippen molar-refractivity contribution in [3.63, 3.8) is 0 Å². The minimum absolute atomic E-state index is 0.186. The number of carbonyl (C=O) groups excluding carboxylic acids is 2. The van der Waals surface area contributed by atoms with E-state index in [1.807, 2.05) is 6.92 Å². The molecule has 1 N–H and O–H groups in total. The van der Waals surface area contributed by atoms with E-state index in [-0.39, 0.29) is 17.2 Å². The third-order valence-corrected chi connectivity index (χ3v) is 6.89. The van der Waals surface area contributed by atoms with Gasteiger partial charge in [0.2, 0.25) is 15.9 Å². The van der Waals surface area contributed by atoms with Crippen LogP contribution in [0, 0.1) is 0 Å². The van der Waals surface area contributed by atoms with E-state index < -0.39 is 21.5 Å². The standard InChI is InChI=1S/C20H30N2O6S/c1-4-11-20(2,19(24)27-3)21-18(23)10-7-16-5-8-17(9-6-16)29(25,26)22-12-14-28-15-13-22/h5-6,8-9H,4,7,10-15H2,1-3H3,(H,21,23). The predicted molar refractivity (Wildman–Crippen MR) is 108 cm³/mol. The minimum atomic E-state index is -3.53. The number of nitrogens with zero attached hydrogens (tertiary/aromatic N) is 1. The number of esters is 1. The number of aryl methyl sites for hydroxylation is 1. The number of sulfonamides is 1. The molecule has 9 heteroatoms. The number of amides is 1. The molecule has 1 aliphatic rings. The van der Waals surface area contributed by atoms with Crippen LogP contribution in [0.15, 0.2) is 29.2 Å². The van der Waals surface area contributed by atoms with Gasteiger partial charge in [-0.3, -0.25) is 4.79 Å². The SMILES string of the molecule is CCCC(C)(NC(=O)CCc1ccc(S(=O)(=O)N2CCOCC2)cc1)C(=O)OC. The number of benzene rings is 1. The average molecular weight is 427 g/mol. The van der Waals surface area contributed by atoms with Crippen LogP contribution in [0.25, 0.3) is 0 Å². The highest BCUT2D eigenvalue weighted by molar-refractivity contribution is 7.89. The molecular formula is C20H30N2O6S. The number of morpholine rings is 1. The lowest BCUT2D eigenvalue weighted by molar-refractivity contribution is -0.150. The molecule has 0 aromatic heterocycles. The highest BCUT2D eigenvalue weighted by atomic mass is 32.2. The number of hydrogen-bond acceptors (Lipinski definition) is 6. The summed E-state index contributed by atoms with van der Waals surface area (Å²) < 4.78 is 36.7. The van der Waals surface area contributed by atoms with Crippen molar-refractivity contribution in [1.29, 1.82) is 0 Å². The second-order valence-electron chi connectivity index (χ2n) is 7.28. The van der Waals surface area contributed by atoms with Crippen LogP contribution in [-0.2, 0) is 35.5 Å². The fourth-order valence-electron chi connectivity index (χ4n) is 3.33. The molecule has 1 aromatic rings. The van der Waals surface area contributed by atoms with Crippen LogP contribution in [0.1, 0.15) is 38.7 Å². The molecule has 2 rings (SSSR count). The topological polar surface area (TPSA) is 102 Å². The molecule has 1 unspecified atom stereocenters. The highest BCUT2D eigenvalue weighted by Crippen LogP contribution is 2.19. The third-order valence-electron chi connectivity index (χ3n) is 4.97. The van der Waals surface area contributed by atoms with Gasteiger partial charge in [0.1, 0.15) is 5.54 Å². The van der Waals surface area contributed by atoms with Crippen LogP contribution in [0.2, 0.25) is 0 Å². The van der Waals surface area contributed by atoms with Gasteiger partial charge in [0.25, 0.3) is 0 Å². The second-order valence-corrected chi connectivity index (χ2v) is 9.22. The van der Waals surface area contributed by atoms with Crippen molar-refractivity contribution in [3.05, 3.63) is 29.8 Å². The maximum Gasteiger partial charge on any atom is 0.331 e. The van der Waals surface area contributed by atoms with E-state index in [1.165, 1.54) is 11.4 Å². The normalized spacial score (nSPS) is 17.3. The van der Waals surface area contributed by atoms with Crippen LogP contribution in [-0.4, -0.2) is 63.6 Å². The monoisotopic (exact) mass is 426 g/mol. The van der Waals surface area contributed by atoms with E-state index in [9.17, 15) is 18.0 Å². The van der Waals surface area contributed by atoms with Crippen molar-refractivity contribution in [2.45, 2.75) is 50.0 Å². The summed E-state index contributed by atoms with van der Waals surface area (Å²) in [6.45, 7) is 5.08. The molecule has 1 aromatic carbocycles. The van der Waals surface area contributed by atoms with Crippen molar-refractivity contribution in [2.75, 3.05) is 33.4 Å². The zero-order valence-corrected chi connectivity index (χ0v) is 18.1. The van der Waals surface area contributed by atoms with Crippen LogP contribution in [0.4, 0.5) is 0 Å². The van der Waals surface area contributed by atoms with Gasteiger partial charge in [0.05, 0.1) is 25.2 Å². The number of ether oxygens (including phenoxy) is 2. The van der Waals surface area contributed by atoms with Crippen molar-refractivity contribution >= 4 is 21.9 Å². The van der Waals surface area contributed by atoms with E-state index in [0.29, 0.717) is 39.1 Å². The smallest absolute Gasteiger partial charge is 0.331 e. The molecule has 1 fully saturated rings. The van der Waals surface area contributed by atoms with Gasteiger partial charge in [0.15, 0.2) is 0 Å². The van der Waals surface area contributed by atoms with Crippen molar-refractivity contribution in [3.8, 4) is 0 Å². The van der Waals surface area contributed by atoms with Crippen LogP contribution in [0.3, 0.4) is 0 Å². The lowest BCUT2D eigenvalue weighted by Crippen LogP contribution is -2.52. The van der Waals surface area contributed by atoms with Gasteiger partial charge in [0, 0.05) is 19.5 Å². The van der Waals surface area contributed by atoms with Gasteiger partial charge < -0.3 is 14.8 Å². The maximum absolute atomic E-state index is 12.6. The Bertz CT molecular complexity index is 803. The largest absolute Gasteiger partial charge is 0.467 e. The molecule has 29 heavy (non-hydrogen) atoms. The summed E-state index contributed by atoms with van der Waals surface area (Å²) in [4.78, 5) is 24.5. The molecule has 0 bridgehead atoms. The second kappa shape index (κ2) is 10.2. The van der Waals surface area contributed by atoms with E-state index >= 15 is 0 Å². The Labute approximate surface area is 172 Å². The van der Waals surface area contributed by atoms with E-state index in [0.717, 1.165) is 12.0 Å². The number of nitrogens with one attached hydrogen (secondary N) is 1. The summed E-state index contributed by atoms with van der Waals surface area (Å²) in [5.41, 5.74) is -0.201. The first-order chi connectivity index (χ1) is 13.7. The number of methoxy groups -OCH3 is 1. The van der Waals surface area contributed by atoms with Gasteiger partial charge in [-0.15, -0.1) is 0 Å². The third kappa shape index (κ3) is 6.01. The van der Waals surface area contributed by atoms with Crippen LogP contribution < -0.4 is 5.32 Å². The molecule has 8 nitrogen and oxygen atoms in total. The van der Waals surface area contributed by atoms with Crippen molar-refractivity contribution in [1.82, 2.24) is 9.62 Å². The molecule has 1 saturated heterocycles. The van der Waals surface area contributed by atoms with Gasteiger partial charge in [-0.2, -0.15) is 4.31 Å². The molecule has 1 heterocycles. The lowest BCUT2D eigenvalue weighted by atomic mass is 9.95. The highest BCUT2D eigenvalue weighted by Gasteiger charge is 2.34. The molecule has 0 aliphatic carbocycles. The number of hydrogen-bond donors (Lipinski definition) is 1. The van der Waals surface area contributed by atoms with E-state index in [1.54, 1.807) is 31.2 Å². The first-order valence-corrected chi connectivity index (χ1v) is 11.2. The van der Waals surface area contributed by atoms with Crippen molar-refractivity contribution in [2.24, 2.45) is 0 Å². The zero-order valence-electron chi connectivity index (χ0n) is 17.3. The lowest BCUT2D eigenvalue weighted by Gasteiger charge is -2.27. The Morgan fingerprint density at radius 1 is 1.21 bits per heavy atom. The Hall–Kier alpha value is -1.97. The molecular weight excluding hydrogens is 396 g/mol. The quantitative estimate of drug-likeness (QED) is 0.600. The molecule has 1 aliphatic heterocycles. The molecule has 1 atom stereocenters. The van der Waals surface area contributed by atoms with Crippen LogP contribution in [0.5, 0.6) is 0 Å². The van der Waals surface area contributed by atoms with Gasteiger partial charge in [-0.25, -0.2) is 13.2 Å². The molecule has 162 valence electrons. The summed E-state index contributed by atoms with van der Waals surface area (Å²) in [7, 11) is -2.23. The number of carbonyl (C=O) groups is 2. The Balaban J connectivity index is 1.96. The zero-order chi connectivity index (χ0) is 21.5. The maximum atomic E-state index is 12.6. The molecule has 1 amide bonds. The molecule has 0 spiro atoms. The van der Waals surface area contributed by atoms with Crippen molar-refractivity contribution < 1.29 is 27.5 Å². The summed E-state index contributed by atoms with van der Waals surface area (Å²) in [6.07, 6.45) is 1.84. The predicted octanol–water partition coefficient (Wildman–Crippen LogP) is 1.49. The summed E-state index contributed by atoms with van der Waals surface area (Å²) in [6, 6.07) is 6.56. The average Bonchev–Trinajstić information content (AvgIpc) is 2.72. The summed E-state index contributed by atoms with van der Waals surface area (Å²) in [5, 5.41) is 2.77.